The number of hydrogen-bond donors (Lipinski definition) is 0. The maximum absolute atomic E-state index is 12.7. The molecule has 0 bridgehead atoms. The highest BCUT2D eigenvalue weighted by Crippen LogP contribution is 2.26. The van der Waals surface area contributed by atoms with Crippen molar-refractivity contribution in [2.75, 3.05) is 25.1 Å². The summed E-state index contributed by atoms with van der Waals surface area (Å²) in [6, 6.07) is 9.52. The summed E-state index contributed by atoms with van der Waals surface area (Å²) in [4.78, 5) is 19.1. The van der Waals surface area contributed by atoms with Crippen LogP contribution >= 0.6 is 11.3 Å². The van der Waals surface area contributed by atoms with Gasteiger partial charge in [0.15, 0.2) is 5.78 Å². The predicted octanol–water partition coefficient (Wildman–Crippen LogP) is 2.29. The van der Waals surface area contributed by atoms with E-state index >= 15 is 0 Å². The van der Waals surface area contributed by atoms with Crippen LogP contribution in [-0.4, -0.2) is 51.4 Å². The number of carbonyl (C=O) groups is 1. The average molecular weight is 411 g/mol. The Kier molecular flexibility index (Phi) is 6.16. The molecule has 0 N–H and O–H groups in total. The van der Waals surface area contributed by atoms with E-state index in [-0.39, 0.29) is 12.2 Å². The number of carbonyl (C=O) groups excluding carboxylic acids is 1. The molecule has 1 aliphatic rings. The molecule has 0 radical (unpaired) electrons. The van der Waals surface area contributed by atoms with Gasteiger partial charge in [0.05, 0.1) is 18.8 Å². The van der Waals surface area contributed by atoms with E-state index in [1.807, 2.05) is 30.3 Å². The molecule has 3 aromatic rings. The Labute approximate surface area is 173 Å². The third kappa shape index (κ3) is 4.80. The van der Waals surface area contributed by atoms with Crippen molar-refractivity contribution in [2.45, 2.75) is 25.4 Å². The molecule has 0 spiro atoms. The molecule has 1 aromatic carbocycles. The van der Waals surface area contributed by atoms with Crippen LogP contribution in [0.2, 0.25) is 0 Å². The standard InChI is InChI=1S/C20H22N6O2S/c1-28-19(15-5-3-2-4-6-15)16(27)12-18-24-23-17(29-18)11-14-7-10-26(13-14)20-21-8-9-22-25-20/h2-6,8-9,14,19H,7,10-13H2,1H3/t14-,19+/m0/s1. The molecular formula is C20H22N6O2S. The molecule has 2 aromatic heterocycles. The number of rotatable bonds is 8. The summed E-state index contributed by atoms with van der Waals surface area (Å²) in [5.41, 5.74) is 0.855. The SMILES string of the molecule is CO[C@@H](C(=O)Cc1nnc(C[C@@H]2CCN(c3nccnn3)C2)s1)c1ccccc1. The van der Waals surface area contributed by atoms with Crippen LogP contribution in [0, 0.1) is 5.92 Å². The highest BCUT2D eigenvalue weighted by molar-refractivity contribution is 7.11. The fourth-order valence-electron chi connectivity index (χ4n) is 3.58. The second-order valence-corrected chi connectivity index (χ2v) is 8.15. The Morgan fingerprint density at radius 3 is 2.79 bits per heavy atom. The minimum Gasteiger partial charge on any atom is -0.369 e. The van der Waals surface area contributed by atoms with Crippen molar-refractivity contribution in [3.05, 3.63) is 58.3 Å². The molecule has 1 aliphatic heterocycles. The van der Waals surface area contributed by atoms with Crippen LogP contribution in [0.15, 0.2) is 42.7 Å². The molecule has 0 saturated carbocycles. The Morgan fingerprint density at radius 1 is 1.21 bits per heavy atom. The maximum Gasteiger partial charge on any atom is 0.245 e. The first-order chi connectivity index (χ1) is 14.2. The summed E-state index contributed by atoms with van der Waals surface area (Å²) in [6.07, 6.45) is 4.78. The van der Waals surface area contributed by atoms with Crippen molar-refractivity contribution in [3.63, 3.8) is 0 Å². The first-order valence-corrected chi connectivity index (χ1v) is 10.3. The van der Waals surface area contributed by atoms with Crippen LogP contribution in [0.1, 0.15) is 28.1 Å². The molecule has 4 rings (SSSR count). The first-order valence-electron chi connectivity index (χ1n) is 9.53. The number of anilines is 1. The van der Waals surface area contributed by atoms with Crippen LogP contribution in [0.25, 0.3) is 0 Å². The van der Waals surface area contributed by atoms with Gasteiger partial charge in [0.1, 0.15) is 16.1 Å². The monoisotopic (exact) mass is 410 g/mol. The van der Waals surface area contributed by atoms with Gasteiger partial charge in [-0.1, -0.05) is 30.3 Å². The highest BCUT2D eigenvalue weighted by Gasteiger charge is 2.26. The Hall–Kier alpha value is -2.78. The Bertz CT molecular complexity index is 936. The molecule has 9 heteroatoms. The van der Waals surface area contributed by atoms with E-state index in [1.54, 1.807) is 19.5 Å². The summed E-state index contributed by atoms with van der Waals surface area (Å²) in [6.45, 7) is 1.78. The average Bonchev–Trinajstić information content (AvgIpc) is 3.40. The fourth-order valence-corrected chi connectivity index (χ4v) is 4.55. The lowest BCUT2D eigenvalue weighted by atomic mass is 10.0. The maximum atomic E-state index is 12.7. The normalized spacial score (nSPS) is 17.4. The molecule has 0 unspecified atom stereocenters. The zero-order chi connectivity index (χ0) is 20.1. The minimum absolute atomic E-state index is 0.0119. The third-order valence-corrected chi connectivity index (χ3v) is 5.91. The van der Waals surface area contributed by atoms with Gasteiger partial charge in [0, 0.05) is 26.6 Å². The van der Waals surface area contributed by atoms with Crippen LogP contribution < -0.4 is 4.90 Å². The fraction of sp³-hybridized carbons (Fsp3) is 0.400. The van der Waals surface area contributed by atoms with Crippen molar-refractivity contribution in [1.82, 2.24) is 25.4 Å². The summed E-state index contributed by atoms with van der Waals surface area (Å²) < 4.78 is 5.42. The number of nitrogens with zero attached hydrogens (tertiary/aromatic N) is 6. The van der Waals surface area contributed by atoms with Crippen LogP contribution in [0.4, 0.5) is 5.95 Å². The van der Waals surface area contributed by atoms with E-state index in [1.165, 1.54) is 11.3 Å². The number of ketones is 1. The molecule has 1 fully saturated rings. The number of hydrogen-bond acceptors (Lipinski definition) is 9. The van der Waals surface area contributed by atoms with E-state index < -0.39 is 6.10 Å². The third-order valence-electron chi connectivity index (χ3n) is 4.97. The van der Waals surface area contributed by atoms with Gasteiger partial charge in [-0.2, -0.15) is 5.10 Å². The van der Waals surface area contributed by atoms with Crippen molar-refractivity contribution in [1.29, 1.82) is 0 Å². The largest absolute Gasteiger partial charge is 0.369 e. The van der Waals surface area contributed by atoms with E-state index in [0.29, 0.717) is 11.9 Å². The zero-order valence-electron chi connectivity index (χ0n) is 16.1. The first kappa shape index (κ1) is 19.5. The topological polar surface area (TPSA) is 94.0 Å². The molecule has 2 atom stereocenters. The van der Waals surface area contributed by atoms with Gasteiger partial charge in [-0.05, 0) is 17.9 Å². The van der Waals surface area contributed by atoms with Gasteiger partial charge in [0.2, 0.25) is 5.95 Å². The van der Waals surface area contributed by atoms with E-state index in [4.69, 9.17) is 4.74 Å². The number of methoxy groups -OCH3 is 1. The summed E-state index contributed by atoms with van der Waals surface area (Å²) >= 11 is 1.51. The molecule has 8 nitrogen and oxygen atoms in total. The van der Waals surface area contributed by atoms with E-state index in [2.05, 4.69) is 30.3 Å². The van der Waals surface area contributed by atoms with Gasteiger partial charge in [-0.25, -0.2) is 4.98 Å². The predicted molar refractivity (Wildman–Crippen MR) is 109 cm³/mol. The molecule has 0 amide bonds. The van der Waals surface area contributed by atoms with Crippen LogP contribution in [-0.2, 0) is 22.4 Å². The van der Waals surface area contributed by atoms with Crippen molar-refractivity contribution in [2.24, 2.45) is 5.92 Å². The van der Waals surface area contributed by atoms with Crippen LogP contribution in [0.3, 0.4) is 0 Å². The minimum atomic E-state index is -0.577. The molecule has 3 heterocycles. The lowest BCUT2D eigenvalue weighted by molar-refractivity contribution is -0.128. The van der Waals surface area contributed by atoms with Gasteiger partial charge in [-0.15, -0.1) is 26.6 Å². The van der Waals surface area contributed by atoms with E-state index in [0.717, 1.165) is 41.5 Å². The molecular weight excluding hydrogens is 388 g/mol. The van der Waals surface area contributed by atoms with Gasteiger partial charge in [0.25, 0.3) is 0 Å². The van der Waals surface area contributed by atoms with Crippen LogP contribution in [0.5, 0.6) is 0 Å². The van der Waals surface area contributed by atoms with Gasteiger partial charge >= 0.3 is 0 Å². The van der Waals surface area contributed by atoms with Crippen molar-refractivity contribution < 1.29 is 9.53 Å². The quantitative estimate of drug-likeness (QED) is 0.558. The lowest BCUT2D eigenvalue weighted by Gasteiger charge is -2.14. The number of aromatic nitrogens is 5. The Morgan fingerprint density at radius 2 is 2.03 bits per heavy atom. The zero-order valence-corrected chi connectivity index (χ0v) is 17.0. The molecule has 29 heavy (non-hydrogen) atoms. The second kappa shape index (κ2) is 9.15. The Balaban J connectivity index is 1.33. The van der Waals surface area contributed by atoms with E-state index in [9.17, 15) is 4.79 Å². The van der Waals surface area contributed by atoms with Gasteiger partial charge < -0.3 is 9.64 Å². The second-order valence-electron chi connectivity index (χ2n) is 7.01. The molecule has 1 saturated heterocycles. The number of benzene rings is 1. The number of ether oxygens (including phenoxy) is 1. The van der Waals surface area contributed by atoms with Gasteiger partial charge in [-0.3, -0.25) is 4.79 Å². The summed E-state index contributed by atoms with van der Waals surface area (Å²) in [5.74, 6) is 1.12. The highest BCUT2D eigenvalue weighted by atomic mass is 32.1. The lowest BCUT2D eigenvalue weighted by Crippen LogP contribution is -2.22. The number of Topliss-reactive ketones (excluding diaryl/α,β-unsaturated/α-hetero) is 1. The van der Waals surface area contributed by atoms with Crippen molar-refractivity contribution in [3.8, 4) is 0 Å². The molecule has 150 valence electrons. The smallest absolute Gasteiger partial charge is 0.245 e. The summed E-state index contributed by atoms with van der Waals surface area (Å²) in [5, 5.41) is 18.2. The van der Waals surface area contributed by atoms with Crippen molar-refractivity contribution >= 4 is 23.1 Å². The summed E-state index contributed by atoms with van der Waals surface area (Å²) in [7, 11) is 1.55. The molecule has 0 aliphatic carbocycles.